The van der Waals surface area contributed by atoms with Crippen LogP contribution in [-0.2, 0) is 4.79 Å². The van der Waals surface area contributed by atoms with E-state index in [-0.39, 0.29) is 0 Å². The van der Waals surface area contributed by atoms with Gasteiger partial charge in [-0.2, -0.15) is 0 Å². The molecule has 2 rings (SSSR count). The van der Waals surface area contributed by atoms with E-state index in [0.717, 1.165) is 31.1 Å². The summed E-state index contributed by atoms with van der Waals surface area (Å²) in [6.45, 7) is 7.11. The van der Waals surface area contributed by atoms with Crippen LogP contribution in [0, 0.1) is 17.3 Å². The topological polar surface area (TPSA) is 17.1 Å². The van der Waals surface area contributed by atoms with Crippen LogP contribution >= 0.6 is 0 Å². The molecular formula is C16H26O. The van der Waals surface area contributed by atoms with Gasteiger partial charge < -0.3 is 0 Å². The van der Waals surface area contributed by atoms with Gasteiger partial charge in [0.2, 0.25) is 0 Å². The Balaban J connectivity index is 2.23. The van der Waals surface area contributed by atoms with Gasteiger partial charge in [0.1, 0.15) is 0 Å². The minimum atomic E-state index is 0.334. The van der Waals surface area contributed by atoms with E-state index in [9.17, 15) is 4.79 Å². The van der Waals surface area contributed by atoms with Gasteiger partial charge in [0, 0.05) is 6.42 Å². The predicted molar refractivity (Wildman–Crippen MR) is 71.8 cm³/mol. The zero-order chi connectivity index (χ0) is 12.5. The summed E-state index contributed by atoms with van der Waals surface area (Å²) in [7, 11) is 0. The highest BCUT2D eigenvalue weighted by Crippen LogP contribution is 2.53. The van der Waals surface area contributed by atoms with E-state index < -0.39 is 0 Å². The lowest BCUT2D eigenvalue weighted by Gasteiger charge is -2.49. The second-order valence-electron chi connectivity index (χ2n) is 6.32. The molecule has 1 nitrogen and oxygen atoms in total. The molecule has 96 valence electrons. The normalized spacial score (nSPS) is 37.6. The molecule has 2 aliphatic carbocycles. The minimum absolute atomic E-state index is 0.334. The number of carbonyl (C=O) groups excluding carboxylic acids is 1. The molecule has 0 aliphatic heterocycles. The average Bonchev–Trinajstić information content (AvgIpc) is 2.30. The smallest absolute Gasteiger partial charge is 0.155 e. The number of fused-ring (bicyclic) bond motifs is 1. The summed E-state index contributed by atoms with van der Waals surface area (Å²) in [5, 5.41) is 0. The Morgan fingerprint density at radius 3 is 2.88 bits per heavy atom. The van der Waals surface area contributed by atoms with Crippen molar-refractivity contribution in [1.29, 1.82) is 0 Å². The maximum atomic E-state index is 11.6. The summed E-state index contributed by atoms with van der Waals surface area (Å²) in [5.41, 5.74) is 1.80. The molecule has 2 aliphatic rings. The third-order valence-electron chi connectivity index (χ3n) is 5.20. The molecule has 3 atom stereocenters. The number of ketones is 1. The Labute approximate surface area is 106 Å². The zero-order valence-corrected chi connectivity index (χ0v) is 11.6. The first-order chi connectivity index (χ1) is 8.08. The van der Waals surface area contributed by atoms with Crippen LogP contribution < -0.4 is 0 Å². The Kier molecular flexibility index (Phi) is 3.75. The van der Waals surface area contributed by atoms with E-state index in [2.05, 4.69) is 20.8 Å². The third kappa shape index (κ3) is 2.34. The molecule has 0 spiro atoms. The van der Waals surface area contributed by atoms with Gasteiger partial charge in [-0.3, -0.25) is 4.79 Å². The van der Waals surface area contributed by atoms with Crippen molar-refractivity contribution in [3.05, 3.63) is 11.6 Å². The van der Waals surface area contributed by atoms with Crippen molar-refractivity contribution in [1.82, 2.24) is 0 Å². The summed E-state index contributed by atoms with van der Waals surface area (Å²) in [6.07, 6.45) is 10.3. The van der Waals surface area contributed by atoms with Crippen molar-refractivity contribution in [2.75, 3.05) is 0 Å². The fourth-order valence-corrected chi connectivity index (χ4v) is 4.00. The predicted octanol–water partition coefficient (Wildman–Crippen LogP) is 4.52. The standard InChI is InChI=1S/C16H26O/c1-4-5-6-15-12(2)7-8-13-11-14(17)9-10-16(13,15)3/h11-12,15H,4-10H2,1-3H3. The Morgan fingerprint density at radius 2 is 2.18 bits per heavy atom. The van der Waals surface area contributed by atoms with E-state index in [1.54, 1.807) is 0 Å². The summed E-state index contributed by atoms with van der Waals surface area (Å²) in [5.74, 6) is 1.99. The van der Waals surface area contributed by atoms with Crippen LogP contribution in [-0.4, -0.2) is 5.78 Å². The van der Waals surface area contributed by atoms with E-state index >= 15 is 0 Å². The van der Waals surface area contributed by atoms with Crippen LogP contribution in [0.2, 0.25) is 0 Å². The molecule has 0 bridgehead atoms. The summed E-state index contributed by atoms with van der Waals surface area (Å²) < 4.78 is 0. The van der Waals surface area contributed by atoms with Crippen LogP contribution in [0.15, 0.2) is 11.6 Å². The van der Waals surface area contributed by atoms with Gasteiger partial charge >= 0.3 is 0 Å². The summed E-state index contributed by atoms with van der Waals surface area (Å²) in [4.78, 5) is 11.6. The SMILES string of the molecule is CCCCC1C(C)CCC2=CC(=O)CCC21C. The quantitative estimate of drug-likeness (QED) is 0.701. The number of unbranched alkanes of at least 4 members (excludes halogenated alkanes) is 1. The fourth-order valence-electron chi connectivity index (χ4n) is 4.00. The lowest BCUT2D eigenvalue weighted by atomic mass is 9.55. The van der Waals surface area contributed by atoms with Gasteiger partial charge in [0.25, 0.3) is 0 Å². The highest BCUT2D eigenvalue weighted by molar-refractivity contribution is 5.91. The minimum Gasteiger partial charge on any atom is -0.295 e. The Hall–Kier alpha value is -0.590. The average molecular weight is 234 g/mol. The van der Waals surface area contributed by atoms with E-state index in [4.69, 9.17) is 0 Å². The number of allylic oxidation sites excluding steroid dienone is 2. The molecule has 0 radical (unpaired) electrons. The van der Waals surface area contributed by atoms with Crippen molar-refractivity contribution < 1.29 is 4.79 Å². The van der Waals surface area contributed by atoms with Crippen molar-refractivity contribution >= 4 is 5.78 Å². The highest BCUT2D eigenvalue weighted by atomic mass is 16.1. The van der Waals surface area contributed by atoms with Crippen LogP contribution in [0.5, 0.6) is 0 Å². The molecule has 0 amide bonds. The first-order valence-corrected chi connectivity index (χ1v) is 7.32. The Bertz CT molecular complexity index is 328. The largest absolute Gasteiger partial charge is 0.295 e. The fraction of sp³-hybridized carbons (Fsp3) is 0.812. The monoisotopic (exact) mass is 234 g/mol. The second kappa shape index (κ2) is 4.96. The van der Waals surface area contributed by atoms with Gasteiger partial charge in [-0.05, 0) is 49.0 Å². The van der Waals surface area contributed by atoms with Gasteiger partial charge in [-0.1, -0.05) is 39.2 Å². The first kappa shape index (κ1) is 12.9. The third-order valence-corrected chi connectivity index (χ3v) is 5.20. The molecule has 0 N–H and O–H groups in total. The van der Waals surface area contributed by atoms with Crippen LogP contribution in [0.3, 0.4) is 0 Å². The van der Waals surface area contributed by atoms with Gasteiger partial charge in [0.05, 0.1) is 0 Å². The number of carbonyl (C=O) groups is 1. The molecule has 3 unspecified atom stereocenters. The second-order valence-corrected chi connectivity index (χ2v) is 6.32. The van der Waals surface area contributed by atoms with Gasteiger partial charge in [-0.25, -0.2) is 0 Å². The number of hydrogen-bond acceptors (Lipinski definition) is 1. The molecule has 17 heavy (non-hydrogen) atoms. The lowest BCUT2D eigenvalue weighted by Crippen LogP contribution is -2.40. The van der Waals surface area contributed by atoms with E-state index in [1.165, 1.54) is 31.3 Å². The molecular weight excluding hydrogens is 208 g/mol. The molecule has 0 aromatic carbocycles. The molecule has 1 saturated carbocycles. The number of hydrogen-bond donors (Lipinski definition) is 0. The van der Waals surface area contributed by atoms with Crippen molar-refractivity contribution in [3.63, 3.8) is 0 Å². The molecule has 1 fully saturated rings. The molecule has 0 saturated heterocycles. The molecule has 0 aromatic heterocycles. The van der Waals surface area contributed by atoms with Crippen LogP contribution in [0.1, 0.15) is 65.7 Å². The van der Waals surface area contributed by atoms with E-state index in [0.29, 0.717) is 11.2 Å². The van der Waals surface area contributed by atoms with Crippen LogP contribution in [0.4, 0.5) is 0 Å². The van der Waals surface area contributed by atoms with Gasteiger partial charge in [0.15, 0.2) is 5.78 Å². The number of rotatable bonds is 3. The summed E-state index contributed by atoms with van der Waals surface area (Å²) in [6, 6.07) is 0. The highest BCUT2D eigenvalue weighted by Gasteiger charge is 2.44. The van der Waals surface area contributed by atoms with Crippen molar-refractivity contribution in [3.8, 4) is 0 Å². The lowest BCUT2D eigenvalue weighted by molar-refractivity contribution is -0.116. The first-order valence-electron chi connectivity index (χ1n) is 7.32. The maximum Gasteiger partial charge on any atom is 0.155 e. The van der Waals surface area contributed by atoms with E-state index in [1.807, 2.05) is 6.08 Å². The Morgan fingerprint density at radius 1 is 1.41 bits per heavy atom. The zero-order valence-electron chi connectivity index (χ0n) is 11.6. The van der Waals surface area contributed by atoms with Gasteiger partial charge in [-0.15, -0.1) is 0 Å². The maximum absolute atomic E-state index is 11.6. The molecule has 0 heterocycles. The van der Waals surface area contributed by atoms with Crippen LogP contribution in [0.25, 0.3) is 0 Å². The summed E-state index contributed by atoms with van der Waals surface area (Å²) >= 11 is 0. The van der Waals surface area contributed by atoms with Crippen molar-refractivity contribution in [2.45, 2.75) is 65.7 Å². The molecule has 1 heteroatoms. The van der Waals surface area contributed by atoms with Crippen molar-refractivity contribution in [2.24, 2.45) is 17.3 Å². The molecule has 0 aromatic rings.